The first-order valence-electron chi connectivity index (χ1n) is 9.22. The number of aromatic amines is 1. The number of carbonyl (C=O) groups is 2. The van der Waals surface area contributed by atoms with Gasteiger partial charge in [0.25, 0.3) is 0 Å². The largest absolute Gasteiger partial charge is 0.507 e. The molecule has 2 atom stereocenters. The molecule has 0 radical (unpaired) electrons. The van der Waals surface area contributed by atoms with Crippen molar-refractivity contribution in [3.8, 4) is 11.5 Å². The number of aromatic hydroxyl groups is 1. The van der Waals surface area contributed by atoms with Gasteiger partial charge in [0.1, 0.15) is 23.2 Å². The summed E-state index contributed by atoms with van der Waals surface area (Å²) in [4.78, 5) is 32.2. The third-order valence-electron chi connectivity index (χ3n) is 5.40. The lowest BCUT2D eigenvalue weighted by molar-refractivity contribution is -0.139. The number of carboxylic acid groups (broad SMARTS) is 1. The fourth-order valence-corrected chi connectivity index (χ4v) is 3.65. The maximum Gasteiger partial charge on any atom is 0.455 e. The number of rotatable bonds is 7. The molecule has 1 aliphatic carbocycles. The van der Waals surface area contributed by atoms with E-state index in [1.54, 1.807) is 17.2 Å². The van der Waals surface area contributed by atoms with E-state index in [1.807, 2.05) is 0 Å². The molecule has 0 bridgehead atoms. The average Bonchev–Trinajstić information content (AvgIpc) is 3.26. The topological polar surface area (TPSA) is 156 Å². The fraction of sp³-hybridized carbons (Fsp3) is 0.389. The molecule has 2 aromatic rings. The van der Waals surface area contributed by atoms with Crippen molar-refractivity contribution in [2.75, 3.05) is 13.1 Å². The van der Waals surface area contributed by atoms with Gasteiger partial charge in [-0.25, -0.2) is 9.78 Å². The smallest absolute Gasteiger partial charge is 0.455 e. The zero-order valence-corrected chi connectivity index (χ0v) is 15.4. The molecule has 2 heterocycles. The lowest BCUT2D eigenvalue weighted by Crippen LogP contribution is -2.56. The van der Waals surface area contributed by atoms with Crippen LogP contribution in [0.4, 0.5) is 0 Å². The van der Waals surface area contributed by atoms with Gasteiger partial charge < -0.3 is 34.9 Å². The summed E-state index contributed by atoms with van der Waals surface area (Å²) in [6.07, 6.45) is 3.36. The van der Waals surface area contributed by atoms with Crippen LogP contribution in [-0.2, 0) is 11.2 Å². The monoisotopic (exact) mass is 401 g/mol. The van der Waals surface area contributed by atoms with E-state index in [2.05, 4.69) is 9.97 Å². The molecule has 10 nitrogen and oxygen atoms in total. The summed E-state index contributed by atoms with van der Waals surface area (Å²) in [7, 11) is -1.51. The van der Waals surface area contributed by atoms with Gasteiger partial charge >= 0.3 is 13.1 Å². The molecular formula is C18H20BN3O7. The normalized spacial score (nSPS) is 20.8. The summed E-state index contributed by atoms with van der Waals surface area (Å²) in [6, 6.07) is 3.01. The van der Waals surface area contributed by atoms with Crippen molar-refractivity contribution in [3.05, 3.63) is 41.5 Å². The number of phenols is 1. The van der Waals surface area contributed by atoms with Crippen LogP contribution in [0.3, 0.4) is 0 Å². The fourth-order valence-electron chi connectivity index (χ4n) is 3.65. The Balaban J connectivity index is 1.41. The van der Waals surface area contributed by atoms with Crippen molar-refractivity contribution in [2.45, 2.75) is 30.7 Å². The second kappa shape index (κ2) is 7.41. The highest BCUT2D eigenvalue weighted by Crippen LogP contribution is 2.56. The Morgan fingerprint density at radius 2 is 2.07 bits per heavy atom. The summed E-state index contributed by atoms with van der Waals surface area (Å²) in [6.45, 7) is 0.631. The SMILES string of the molecule is O=C(O)c1c(OC2CN(C(=O)Cc3cnc[nH]3)C2)ccc([C@@H]2C[C@@H]2B(O)O)c1O. The molecule has 1 amide bonds. The first-order valence-corrected chi connectivity index (χ1v) is 9.22. The minimum Gasteiger partial charge on any atom is -0.507 e. The second-order valence-corrected chi connectivity index (χ2v) is 7.39. The van der Waals surface area contributed by atoms with Crippen LogP contribution in [0, 0.1) is 0 Å². The number of aromatic carboxylic acids is 1. The van der Waals surface area contributed by atoms with Crippen LogP contribution in [0.15, 0.2) is 24.7 Å². The highest BCUT2D eigenvalue weighted by Gasteiger charge is 2.48. The van der Waals surface area contributed by atoms with Crippen LogP contribution < -0.4 is 4.74 Å². The Kier molecular flexibility index (Phi) is 4.93. The van der Waals surface area contributed by atoms with Crippen molar-refractivity contribution in [2.24, 2.45) is 0 Å². The number of ether oxygens (including phenoxy) is 1. The first kappa shape index (κ1) is 19.3. The standard InChI is InChI=1S/C18H20BN3O7/c23-15(3-9-5-20-8-21-9)22-6-10(7-22)29-14-2-1-11(12-4-13(12)19(27)28)17(24)16(14)18(25)26/h1-2,5,8,10,12-13,24,27-28H,3-4,6-7H2,(H,20,21)(H,25,26)/t12-,13-/m0/s1. The molecule has 0 unspecified atom stereocenters. The number of H-pyrrole nitrogens is 1. The van der Waals surface area contributed by atoms with E-state index < -0.39 is 24.7 Å². The van der Waals surface area contributed by atoms with E-state index in [4.69, 9.17) is 4.74 Å². The maximum absolute atomic E-state index is 12.2. The quantitative estimate of drug-likeness (QED) is 0.405. The molecule has 2 fully saturated rings. The summed E-state index contributed by atoms with van der Waals surface area (Å²) in [5.74, 6) is -2.56. The number of likely N-dealkylation sites (tertiary alicyclic amines) is 1. The lowest BCUT2D eigenvalue weighted by atomic mass is 9.81. The zero-order chi connectivity index (χ0) is 20.7. The number of nitrogens with zero attached hydrogens (tertiary/aromatic N) is 2. The van der Waals surface area contributed by atoms with E-state index >= 15 is 0 Å². The highest BCUT2D eigenvalue weighted by atomic mass is 16.5. The van der Waals surface area contributed by atoms with E-state index in [0.717, 1.165) is 0 Å². The van der Waals surface area contributed by atoms with Gasteiger partial charge in [0.2, 0.25) is 5.91 Å². The van der Waals surface area contributed by atoms with Gasteiger partial charge in [0, 0.05) is 17.7 Å². The van der Waals surface area contributed by atoms with Gasteiger partial charge in [-0.1, -0.05) is 6.07 Å². The van der Waals surface area contributed by atoms with Crippen LogP contribution in [0.2, 0.25) is 5.82 Å². The van der Waals surface area contributed by atoms with Crippen molar-refractivity contribution in [1.82, 2.24) is 14.9 Å². The molecule has 5 N–H and O–H groups in total. The average molecular weight is 401 g/mol. The highest BCUT2D eigenvalue weighted by molar-refractivity contribution is 6.44. The predicted molar refractivity (Wildman–Crippen MR) is 99.7 cm³/mol. The van der Waals surface area contributed by atoms with Gasteiger partial charge in [0.15, 0.2) is 0 Å². The van der Waals surface area contributed by atoms with E-state index in [9.17, 15) is 29.9 Å². The first-order chi connectivity index (χ1) is 13.8. The van der Waals surface area contributed by atoms with Crippen LogP contribution in [0.5, 0.6) is 11.5 Å². The van der Waals surface area contributed by atoms with Crippen LogP contribution >= 0.6 is 0 Å². The molecule has 4 rings (SSSR count). The Morgan fingerprint density at radius 1 is 1.31 bits per heavy atom. The molecule has 2 aliphatic rings. The lowest BCUT2D eigenvalue weighted by Gasteiger charge is -2.39. The predicted octanol–water partition coefficient (Wildman–Crippen LogP) is -0.0239. The molecule has 1 aromatic heterocycles. The third-order valence-corrected chi connectivity index (χ3v) is 5.40. The number of aromatic nitrogens is 2. The zero-order valence-electron chi connectivity index (χ0n) is 15.4. The van der Waals surface area contributed by atoms with Gasteiger partial charge in [-0.05, 0) is 24.0 Å². The summed E-state index contributed by atoms with van der Waals surface area (Å²) < 4.78 is 5.71. The van der Waals surface area contributed by atoms with Crippen LogP contribution in [-0.4, -0.2) is 73.3 Å². The Morgan fingerprint density at radius 3 is 2.66 bits per heavy atom. The van der Waals surface area contributed by atoms with Crippen LogP contribution in [0.25, 0.3) is 0 Å². The number of hydrogen-bond acceptors (Lipinski definition) is 7. The molecule has 1 saturated carbocycles. The van der Waals surface area contributed by atoms with E-state index in [1.165, 1.54) is 12.4 Å². The summed E-state index contributed by atoms with van der Waals surface area (Å²) in [5.41, 5.74) is 0.708. The Hall–Kier alpha value is -3.05. The molecule has 1 aromatic carbocycles. The molecule has 0 spiro atoms. The number of carboxylic acids is 1. The third kappa shape index (κ3) is 3.78. The molecule has 1 aliphatic heterocycles. The maximum atomic E-state index is 12.2. The number of imidazole rings is 1. The van der Waals surface area contributed by atoms with Crippen molar-refractivity contribution in [3.63, 3.8) is 0 Å². The molecule has 29 heavy (non-hydrogen) atoms. The van der Waals surface area contributed by atoms with Crippen molar-refractivity contribution < 1.29 is 34.6 Å². The molecule has 11 heteroatoms. The van der Waals surface area contributed by atoms with Crippen molar-refractivity contribution >= 4 is 19.0 Å². The Bertz CT molecular complexity index is 928. The number of benzene rings is 1. The van der Waals surface area contributed by atoms with E-state index in [0.29, 0.717) is 30.8 Å². The number of nitrogens with one attached hydrogen (secondary N) is 1. The summed E-state index contributed by atoms with van der Waals surface area (Å²) >= 11 is 0. The number of carbonyl (C=O) groups excluding carboxylic acids is 1. The van der Waals surface area contributed by atoms with Gasteiger partial charge in [-0.15, -0.1) is 0 Å². The van der Waals surface area contributed by atoms with Gasteiger partial charge in [-0.2, -0.15) is 0 Å². The molecular weight excluding hydrogens is 381 g/mol. The van der Waals surface area contributed by atoms with Crippen LogP contribution in [0.1, 0.15) is 34.0 Å². The molecule has 152 valence electrons. The van der Waals surface area contributed by atoms with E-state index in [-0.39, 0.29) is 35.7 Å². The minimum absolute atomic E-state index is 0.0196. The molecule has 1 saturated heterocycles. The van der Waals surface area contributed by atoms with Gasteiger partial charge in [-0.3, -0.25) is 4.79 Å². The summed E-state index contributed by atoms with van der Waals surface area (Å²) in [5, 5.41) is 38.5. The minimum atomic E-state index is -1.51. The Labute approximate surface area is 165 Å². The van der Waals surface area contributed by atoms with Gasteiger partial charge in [0.05, 0.1) is 25.8 Å². The second-order valence-electron chi connectivity index (χ2n) is 7.39. The number of amides is 1. The number of hydrogen-bond donors (Lipinski definition) is 5. The van der Waals surface area contributed by atoms with Crippen molar-refractivity contribution in [1.29, 1.82) is 0 Å².